The van der Waals surface area contributed by atoms with Gasteiger partial charge in [-0.3, -0.25) is 0 Å². The van der Waals surface area contributed by atoms with Crippen LogP contribution in [0.25, 0.3) is 0 Å². The maximum absolute atomic E-state index is 2.43. The van der Waals surface area contributed by atoms with Gasteiger partial charge < -0.3 is 0 Å². The smallest absolute Gasteiger partial charge is 0.0352 e. The van der Waals surface area contributed by atoms with Crippen molar-refractivity contribution in [2.45, 2.75) is 40.0 Å². The maximum Gasteiger partial charge on any atom is -0.0352 e. The molecule has 0 amide bonds. The van der Waals surface area contributed by atoms with E-state index in [-0.39, 0.29) is 0 Å². The van der Waals surface area contributed by atoms with Crippen molar-refractivity contribution in [3.63, 3.8) is 0 Å². The van der Waals surface area contributed by atoms with Gasteiger partial charge in [-0.25, -0.2) is 0 Å². The highest BCUT2D eigenvalue weighted by Crippen LogP contribution is 2.56. The molecule has 0 heteroatoms. The van der Waals surface area contributed by atoms with E-state index in [4.69, 9.17) is 0 Å². The fourth-order valence-corrected chi connectivity index (χ4v) is 3.09. The molecule has 0 radical (unpaired) electrons. The summed E-state index contributed by atoms with van der Waals surface area (Å²) in [6.45, 7) is 7.24. The van der Waals surface area contributed by atoms with Gasteiger partial charge in [-0.05, 0) is 48.9 Å². The Morgan fingerprint density at radius 1 is 1.09 bits per heavy atom. The third-order valence-electron chi connectivity index (χ3n) is 3.76. The predicted molar refractivity (Wildman–Crippen MR) is 48.3 cm³/mol. The summed E-state index contributed by atoms with van der Waals surface area (Å²) in [5, 5.41) is 0. The zero-order valence-electron chi connectivity index (χ0n) is 8.01. The lowest BCUT2D eigenvalue weighted by Gasteiger charge is -2.29. The quantitative estimate of drug-likeness (QED) is 0.540. The first kappa shape index (κ1) is 7.64. The minimum atomic E-state index is 0.938. The second-order valence-electron chi connectivity index (χ2n) is 5.14. The van der Waals surface area contributed by atoms with Gasteiger partial charge in [0, 0.05) is 0 Å². The summed E-state index contributed by atoms with van der Waals surface area (Å²) < 4.78 is 0. The molecule has 2 fully saturated rings. The lowest BCUT2D eigenvalue weighted by molar-refractivity contribution is 0.210. The Bertz CT molecular complexity index is 148. The number of fused-ring (bicyclic) bond motifs is 1. The third kappa shape index (κ3) is 1.32. The molecule has 11 heavy (non-hydrogen) atoms. The lowest BCUT2D eigenvalue weighted by atomic mass is 9.77. The Hall–Kier alpha value is 0. The molecule has 0 bridgehead atoms. The van der Waals surface area contributed by atoms with E-state index >= 15 is 0 Å². The average molecular weight is 152 g/mol. The topological polar surface area (TPSA) is 0 Å². The van der Waals surface area contributed by atoms with Crippen molar-refractivity contribution in [2.24, 2.45) is 29.6 Å². The van der Waals surface area contributed by atoms with Crippen molar-refractivity contribution < 1.29 is 0 Å². The van der Waals surface area contributed by atoms with Gasteiger partial charge in [-0.1, -0.05) is 20.8 Å². The molecule has 2 aliphatic carbocycles. The van der Waals surface area contributed by atoms with Crippen LogP contribution in [-0.4, -0.2) is 0 Å². The van der Waals surface area contributed by atoms with E-state index in [0.29, 0.717) is 0 Å². The minimum absolute atomic E-state index is 0.938. The summed E-state index contributed by atoms with van der Waals surface area (Å²) >= 11 is 0. The second kappa shape index (κ2) is 2.50. The maximum atomic E-state index is 2.43. The van der Waals surface area contributed by atoms with Gasteiger partial charge in [0.2, 0.25) is 0 Å². The highest BCUT2D eigenvalue weighted by Gasteiger charge is 2.47. The van der Waals surface area contributed by atoms with E-state index in [0.717, 1.165) is 29.6 Å². The Kier molecular flexibility index (Phi) is 1.74. The Morgan fingerprint density at radius 3 is 2.45 bits per heavy atom. The third-order valence-corrected chi connectivity index (χ3v) is 3.76. The van der Waals surface area contributed by atoms with Gasteiger partial charge in [0.1, 0.15) is 0 Å². The number of hydrogen-bond donors (Lipinski definition) is 0. The normalized spacial score (nSPS) is 49.1. The van der Waals surface area contributed by atoms with Crippen LogP contribution in [0.5, 0.6) is 0 Å². The summed E-state index contributed by atoms with van der Waals surface area (Å²) in [6.07, 6.45) is 4.61. The zero-order valence-corrected chi connectivity index (χ0v) is 8.01. The summed E-state index contributed by atoms with van der Waals surface area (Å²) in [5.41, 5.74) is 0. The van der Waals surface area contributed by atoms with E-state index in [1.54, 1.807) is 6.42 Å². The molecule has 2 aliphatic rings. The molecule has 0 nitrogen and oxygen atoms in total. The molecule has 0 aromatic rings. The molecular weight excluding hydrogens is 132 g/mol. The van der Waals surface area contributed by atoms with Crippen LogP contribution in [0.3, 0.4) is 0 Å². The van der Waals surface area contributed by atoms with Gasteiger partial charge in [0.15, 0.2) is 0 Å². The Morgan fingerprint density at radius 2 is 1.82 bits per heavy atom. The fourth-order valence-electron chi connectivity index (χ4n) is 3.09. The minimum Gasteiger partial charge on any atom is -0.0625 e. The van der Waals surface area contributed by atoms with Crippen LogP contribution in [0.2, 0.25) is 0 Å². The average Bonchev–Trinajstić information content (AvgIpc) is 2.63. The van der Waals surface area contributed by atoms with Crippen LogP contribution in [0.4, 0.5) is 0 Å². The van der Waals surface area contributed by atoms with E-state index in [2.05, 4.69) is 20.8 Å². The summed E-state index contributed by atoms with van der Waals surface area (Å²) in [7, 11) is 0. The number of hydrogen-bond acceptors (Lipinski definition) is 0. The van der Waals surface area contributed by atoms with Gasteiger partial charge in [0.25, 0.3) is 0 Å². The van der Waals surface area contributed by atoms with Gasteiger partial charge >= 0.3 is 0 Å². The molecule has 0 aromatic heterocycles. The van der Waals surface area contributed by atoms with E-state index in [1.807, 2.05) is 0 Å². The molecule has 4 atom stereocenters. The number of rotatable bonds is 1. The molecule has 4 unspecified atom stereocenters. The largest absolute Gasteiger partial charge is 0.0625 e. The lowest BCUT2D eigenvalue weighted by Crippen LogP contribution is -2.20. The molecule has 0 saturated heterocycles. The van der Waals surface area contributed by atoms with E-state index < -0.39 is 0 Å². The first-order chi connectivity index (χ1) is 5.18. The van der Waals surface area contributed by atoms with Crippen LogP contribution >= 0.6 is 0 Å². The molecule has 0 N–H and O–H groups in total. The molecule has 64 valence electrons. The monoisotopic (exact) mass is 152 g/mol. The fraction of sp³-hybridized carbons (Fsp3) is 1.00. The molecule has 0 spiro atoms. The van der Waals surface area contributed by atoms with Gasteiger partial charge in [0.05, 0.1) is 0 Å². The molecule has 0 aromatic carbocycles. The van der Waals surface area contributed by atoms with Crippen molar-refractivity contribution in [3.8, 4) is 0 Å². The van der Waals surface area contributed by atoms with Crippen molar-refractivity contribution in [3.05, 3.63) is 0 Å². The van der Waals surface area contributed by atoms with E-state index in [1.165, 1.54) is 12.8 Å². The molecule has 0 aliphatic heterocycles. The van der Waals surface area contributed by atoms with E-state index in [9.17, 15) is 0 Å². The summed E-state index contributed by atoms with van der Waals surface area (Å²) in [6, 6.07) is 0. The highest BCUT2D eigenvalue weighted by atomic mass is 14.5. The van der Waals surface area contributed by atoms with Crippen LogP contribution in [0, 0.1) is 29.6 Å². The highest BCUT2D eigenvalue weighted by molar-refractivity contribution is 4.97. The second-order valence-corrected chi connectivity index (χ2v) is 5.14. The van der Waals surface area contributed by atoms with Crippen molar-refractivity contribution in [2.75, 3.05) is 0 Å². The summed E-state index contributed by atoms with van der Waals surface area (Å²) in [5.74, 6) is 5.32. The zero-order chi connectivity index (χ0) is 8.01. The van der Waals surface area contributed by atoms with Crippen molar-refractivity contribution in [1.29, 1.82) is 0 Å². The molecule has 2 rings (SSSR count). The Labute approximate surface area is 70.4 Å². The Balaban J connectivity index is 1.99. The van der Waals surface area contributed by atoms with Crippen LogP contribution in [0.1, 0.15) is 40.0 Å². The standard InChI is InChI=1S/C11H20/c1-7(2)10-5-8(3)4-9-6-11(9)10/h7-11H,4-6H2,1-3H3. The summed E-state index contributed by atoms with van der Waals surface area (Å²) in [4.78, 5) is 0. The van der Waals surface area contributed by atoms with Crippen LogP contribution < -0.4 is 0 Å². The van der Waals surface area contributed by atoms with Gasteiger partial charge in [-0.2, -0.15) is 0 Å². The molecular formula is C11H20. The van der Waals surface area contributed by atoms with Crippen LogP contribution in [0.15, 0.2) is 0 Å². The first-order valence-corrected chi connectivity index (χ1v) is 5.18. The van der Waals surface area contributed by atoms with Crippen molar-refractivity contribution in [1.82, 2.24) is 0 Å². The molecule has 0 heterocycles. The predicted octanol–water partition coefficient (Wildman–Crippen LogP) is 3.32. The SMILES string of the molecule is CC1CC2CC2C(C(C)C)C1. The van der Waals surface area contributed by atoms with Crippen LogP contribution in [-0.2, 0) is 0 Å². The first-order valence-electron chi connectivity index (χ1n) is 5.18. The molecule has 2 saturated carbocycles. The van der Waals surface area contributed by atoms with Gasteiger partial charge in [-0.15, -0.1) is 0 Å². The van der Waals surface area contributed by atoms with Crippen molar-refractivity contribution >= 4 is 0 Å².